The lowest BCUT2D eigenvalue weighted by atomic mass is 9.86. The summed E-state index contributed by atoms with van der Waals surface area (Å²) in [6, 6.07) is 8.55. The number of aryl methyl sites for hydroxylation is 1. The average Bonchev–Trinajstić information content (AvgIpc) is 3.80. The molecule has 1 aliphatic heterocycles. The van der Waals surface area contributed by atoms with Crippen molar-refractivity contribution in [3.63, 3.8) is 0 Å². The number of rotatable bonds is 44. The maximum atomic E-state index is 14.1. The van der Waals surface area contributed by atoms with Crippen LogP contribution >= 0.6 is 35.7 Å². The number of carboxylic acid groups (broad SMARTS) is 2. The molecule has 0 spiro atoms. The molecule has 0 aliphatic carbocycles. The van der Waals surface area contributed by atoms with Gasteiger partial charge in [-0.25, -0.2) is 0 Å². The van der Waals surface area contributed by atoms with E-state index in [1.807, 2.05) is 44.2 Å². The van der Waals surface area contributed by atoms with Crippen molar-refractivity contribution >= 4 is 69.1 Å². The SMILES string of the molecule is COCCOCCOCCOCCOCCOCCOCCOCCOCCOC(=O)C(CC(CC(CCc1ccccc1)C(=O)NC(C)C)C(=O)O[C@H]1CN[C@H](C(=O)O)C1)SC(=S)SCCC(=O)O. The molecule has 23 heteroatoms. The first-order valence-electron chi connectivity index (χ1n) is 23.7. The van der Waals surface area contributed by atoms with Gasteiger partial charge in [0.2, 0.25) is 5.91 Å². The van der Waals surface area contributed by atoms with Gasteiger partial charge in [-0.05, 0) is 45.1 Å². The van der Waals surface area contributed by atoms with Crippen molar-refractivity contribution in [1.82, 2.24) is 10.6 Å². The molecule has 1 saturated heterocycles. The fraction of sp³-hybridized carbons (Fsp3) is 0.745. The van der Waals surface area contributed by atoms with E-state index in [1.165, 1.54) is 0 Å². The maximum absolute atomic E-state index is 14.1. The second-order valence-electron chi connectivity index (χ2n) is 16.1. The zero-order valence-corrected chi connectivity index (χ0v) is 43.3. The molecule has 2 rings (SSSR count). The molecule has 0 bridgehead atoms. The highest BCUT2D eigenvalue weighted by Gasteiger charge is 2.38. The van der Waals surface area contributed by atoms with E-state index in [4.69, 9.17) is 69.4 Å². The Morgan fingerprint density at radius 2 is 1.20 bits per heavy atom. The van der Waals surface area contributed by atoms with Crippen LogP contribution in [0.1, 0.15) is 51.5 Å². The smallest absolute Gasteiger partial charge is 0.320 e. The maximum Gasteiger partial charge on any atom is 0.320 e. The molecule has 400 valence electrons. The van der Waals surface area contributed by atoms with Crippen molar-refractivity contribution in [2.24, 2.45) is 11.8 Å². The molecule has 1 aliphatic rings. The summed E-state index contributed by atoms with van der Waals surface area (Å²) in [7, 11) is 1.63. The zero-order chi connectivity index (χ0) is 51.0. The molecule has 3 unspecified atom stereocenters. The number of hydrogen-bond donors (Lipinski definition) is 4. The van der Waals surface area contributed by atoms with Crippen molar-refractivity contribution in [2.75, 3.05) is 138 Å². The summed E-state index contributed by atoms with van der Waals surface area (Å²) in [5, 5.41) is 23.4. The first-order valence-corrected chi connectivity index (χ1v) is 26.0. The van der Waals surface area contributed by atoms with E-state index >= 15 is 0 Å². The first-order chi connectivity index (χ1) is 33.9. The van der Waals surface area contributed by atoms with Gasteiger partial charge in [-0.2, -0.15) is 0 Å². The molecule has 1 amide bonds. The standard InChI is InChI=1S/C47H76N2O18S3/c1-35(2)49-43(52)37(10-9-36-7-5-4-6-8-36)31-38(45(55)67-39-33-40(44(53)54)48-34-39)32-41(70-47(68)69-30-11-42(50)51)46(56)66-29-28-65-27-26-64-25-24-63-23-22-62-21-20-61-19-18-60-17-16-59-15-14-58-13-12-57-3/h4-8,35,37-41,48H,9-34H2,1-3H3,(H,49,52)(H,50,51)(H,53,54)/t37?,38?,39-,40+,41?/m1/s1. The number of thiocarbonyl (C=S) groups is 1. The number of esters is 2. The van der Waals surface area contributed by atoms with Crippen LogP contribution in [0.15, 0.2) is 30.3 Å². The van der Waals surface area contributed by atoms with E-state index in [0.29, 0.717) is 105 Å². The van der Waals surface area contributed by atoms with Crippen molar-refractivity contribution in [1.29, 1.82) is 0 Å². The van der Waals surface area contributed by atoms with E-state index in [-0.39, 0.29) is 79.9 Å². The van der Waals surface area contributed by atoms with E-state index in [1.54, 1.807) is 7.11 Å². The number of amides is 1. The van der Waals surface area contributed by atoms with E-state index in [9.17, 15) is 29.1 Å². The van der Waals surface area contributed by atoms with Crippen LogP contribution in [-0.2, 0) is 82.5 Å². The summed E-state index contributed by atoms with van der Waals surface area (Å²) < 4.78 is 60.5. The second-order valence-corrected chi connectivity index (χ2v) is 19.6. The molecule has 1 aromatic carbocycles. The lowest BCUT2D eigenvalue weighted by Gasteiger charge is -2.26. The summed E-state index contributed by atoms with van der Waals surface area (Å²) in [5.74, 6) is -5.18. The van der Waals surface area contributed by atoms with Gasteiger partial charge in [-0.15, -0.1) is 11.8 Å². The third-order valence-corrected chi connectivity index (χ3v) is 12.8. The number of benzene rings is 1. The first kappa shape index (κ1) is 63.1. The van der Waals surface area contributed by atoms with Crippen LogP contribution < -0.4 is 10.6 Å². The number of nitrogens with one attached hydrogen (secondary N) is 2. The molecule has 4 N–H and O–H groups in total. The molecular formula is C47H76N2O18S3. The van der Waals surface area contributed by atoms with Crippen molar-refractivity contribution < 1.29 is 86.3 Å². The third-order valence-electron chi connectivity index (χ3n) is 10.0. The van der Waals surface area contributed by atoms with Gasteiger partial charge >= 0.3 is 23.9 Å². The van der Waals surface area contributed by atoms with Crippen LogP contribution in [0.25, 0.3) is 0 Å². The average molecular weight is 1050 g/mol. The largest absolute Gasteiger partial charge is 0.481 e. The zero-order valence-electron chi connectivity index (χ0n) is 40.9. The molecule has 20 nitrogen and oxygen atoms in total. The van der Waals surface area contributed by atoms with E-state index in [0.717, 1.165) is 29.1 Å². The van der Waals surface area contributed by atoms with Gasteiger partial charge in [0.05, 0.1) is 125 Å². The Labute approximate surface area is 426 Å². The minimum Gasteiger partial charge on any atom is -0.481 e. The highest BCUT2D eigenvalue weighted by atomic mass is 32.2. The molecule has 0 radical (unpaired) electrons. The molecule has 0 saturated carbocycles. The number of carbonyl (C=O) groups excluding carboxylic acids is 3. The number of thioether (sulfide) groups is 2. The Kier molecular flexibility index (Phi) is 37.3. The van der Waals surface area contributed by atoms with Crippen molar-refractivity contribution in [2.45, 2.75) is 75.8 Å². The number of aliphatic carboxylic acids is 2. The summed E-state index contributed by atoms with van der Waals surface area (Å²) in [4.78, 5) is 64.3. The van der Waals surface area contributed by atoms with Gasteiger partial charge in [0.25, 0.3) is 0 Å². The van der Waals surface area contributed by atoms with Crippen LogP contribution in [0.2, 0.25) is 0 Å². The van der Waals surface area contributed by atoms with Gasteiger partial charge in [-0.3, -0.25) is 24.0 Å². The van der Waals surface area contributed by atoms with E-state index < -0.39 is 53.1 Å². The predicted octanol–water partition coefficient (Wildman–Crippen LogP) is 3.43. The summed E-state index contributed by atoms with van der Waals surface area (Å²) in [6.07, 6.45) is 0.00747. The number of ether oxygens (including phenoxy) is 11. The fourth-order valence-corrected chi connectivity index (χ4v) is 9.16. The predicted molar refractivity (Wildman–Crippen MR) is 266 cm³/mol. The monoisotopic (exact) mass is 1050 g/mol. The Bertz CT molecular complexity index is 1590. The van der Waals surface area contributed by atoms with Gasteiger partial charge in [0, 0.05) is 37.8 Å². The quantitative estimate of drug-likeness (QED) is 0.0415. The van der Waals surface area contributed by atoms with Crippen molar-refractivity contribution in [3.8, 4) is 0 Å². The normalized spacial score (nSPS) is 15.9. The lowest BCUT2D eigenvalue weighted by molar-refractivity contribution is -0.155. The van der Waals surface area contributed by atoms with E-state index in [2.05, 4.69) is 10.6 Å². The topological polar surface area (TPSA) is 251 Å². The highest BCUT2D eigenvalue weighted by molar-refractivity contribution is 8.47. The third kappa shape index (κ3) is 32.8. The molecule has 5 atom stereocenters. The van der Waals surface area contributed by atoms with Crippen LogP contribution in [0, 0.1) is 11.8 Å². The second kappa shape index (κ2) is 41.4. The molecule has 1 fully saturated rings. The molecule has 70 heavy (non-hydrogen) atoms. The minimum atomic E-state index is -1.07. The van der Waals surface area contributed by atoms with Crippen LogP contribution in [0.4, 0.5) is 0 Å². The van der Waals surface area contributed by atoms with Crippen LogP contribution in [-0.4, -0.2) is 205 Å². The van der Waals surface area contributed by atoms with Crippen LogP contribution in [0.5, 0.6) is 0 Å². The Morgan fingerprint density at radius 1 is 0.700 bits per heavy atom. The Morgan fingerprint density at radius 3 is 1.66 bits per heavy atom. The Balaban J connectivity index is 1.81. The highest BCUT2D eigenvalue weighted by Crippen LogP contribution is 2.32. The van der Waals surface area contributed by atoms with Gasteiger partial charge in [0.15, 0.2) is 0 Å². The minimum absolute atomic E-state index is 0.0244. The number of hydrogen-bond acceptors (Lipinski definition) is 20. The summed E-state index contributed by atoms with van der Waals surface area (Å²) >= 11 is 7.61. The van der Waals surface area contributed by atoms with Gasteiger partial charge in [-0.1, -0.05) is 54.3 Å². The lowest BCUT2D eigenvalue weighted by Crippen LogP contribution is -2.39. The summed E-state index contributed by atoms with van der Waals surface area (Å²) in [5.41, 5.74) is 1.01. The molecule has 1 aromatic rings. The number of methoxy groups -OCH3 is 1. The number of carboxylic acids is 2. The molecule has 0 aromatic heterocycles. The Hall–Kier alpha value is -3.04. The fourth-order valence-electron chi connectivity index (χ4n) is 6.52. The van der Waals surface area contributed by atoms with Gasteiger partial charge < -0.3 is 73.0 Å². The number of carbonyl (C=O) groups is 5. The summed E-state index contributed by atoms with van der Waals surface area (Å²) in [6.45, 7) is 10.6. The molecular weight excluding hydrogens is 977 g/mol. The van der Waals surface area contributed by atoms with Gasteiger partial charge in [0.1, 0.15) is 27.5 Å². The van der Waals surface area contributed by atoms with Crippen molar-refractivity contribution in [3.05, 3.63) is 35.9 Å². The molecule has 1 heterocycles. The van der Waals surface area contributed by atoms with Crippen LogP contribution in [0.3, 0.4) is 0 Å².